The van der Waals surface area contributed by atoms with Gasteiger partial charge in [-0.1, -0.05) is 18.7 Å². The zero-order chi connectivity index (χ0) is 17.5. The van der Waals surface area contributed by atoms with Crippen LogP contribution in [0.2, 0.25) is 0 Å². The monoisotopic (exact) mass is 338 g/mol. The van der Waals surface area contributed by atoms with Crippen LogP contribution in [-0.2, 0) is 6.54 Å². The smallest absolute Gasteiger partial charge is 0.161 e. The highest BCUT2D eigenvalue weighted by molar-refractivity contribution is 5.56. The third kappa shape index (κ3) is 4.47. The zero-order valence-corrected chi connectivity index (χ0v) is 14.8. The number of methoxy groups -OCH3 is 1. The normalized spacial score (nSPS) is 13.6. The maximum absolute atomic E-state index is 5.59. The predicted molar refractivity (Wildman–Crippen MR) is 104 cm³/mol. The van der Waals surface area contributed by atoms with Gasteiger partial charge in [0.25, 0.3) is 0 Å². The van der Waals surface area contributed by atoms with Crippen molar-refractivity contribution in [2.24, 2.45) is 0 Å². The molecule has 1 saturated heterocycles. The Morgan fingerprint density at radius 3 is 2.52 bits per heavy atom. The van der Waals surface area contributed by atoms with Crippen LogP contribution in [0.15, 0.2) is 55.1 Å². The Labute approximate surface area is 150 Å². The highest BCUT2D eigenvalue weighted by Crippen LogP contribution is 2.28. The van der Waals surface area contributed by atoms with Crippen molar-refractivity contribution in [1.82, 2.24) is 0 Å². The third-order valence-corrected chi connectivity index (χ3v) is 4.42. The topological polar surface area (TPSA) is 33.7 Å². The largest absolute Gasteiger partial charge is 0.493 e. The summed E-state index contributed by atoms with van der Waals surface area (Å²) in [6, 6.07) is 14.7. The van der Waals surface area contributed by atoms with Crippen molar-refractivity contribution in [2.75, 3.05) is 37.0 Å². The van der Waals surface area contributed by atoms with Crippen LogP contribution in [0.3, 0.4) is 0 Å². The van der Waals surface area contributed by atoms with E-state index in [1.165, 1.54) is 31.6 Å². The van der Waals surface area contributed by atoms with Gasteiger partial charge in [0.1, 0.15) is 6.61 Å². The number of benzene rings is 2. The summed E-state index contributed by atoms with van der Waals surface area (Å²) in [5.74, 6) is 1.48. The van der Waals surface area contributed by atoms with E-state index >= 15 is 0 Å². The van der Waals surface area contributed by atoms with Gasteiger partial charge in [-0.15, -0.1) is 0 Å². The molecule has 1 fully saturated rings. The van der Waals surface area contributed by atoms with E-state index in [-0.39, 0.29) is 0 Å². The molecule has 0 amide bonds. The average molecular weight is 338 g/mol. The fraction of sp³-hybridized carbons (Fsp3) is 0.333. The van der Waals surface area contributed by atoms with E-state index in [2.05, 4.69) is 41.1 Å². The van der Waals surface area contributed by atoms with Gasteiger partial charge in [-0.3, -0.25) is 0 Å². The molecule has 2 aromatic rings. The van der Waals surface area contributed by atoms with Gasteiger partial charge in [0, 0.05) is 31.0 Å². The molecule has 4 nitrogen and oxygen atoms in total. The molecule has 1 N–H and O–H groups in total. The van der Waals surface area contributed by atoms with E-state index in [1.807, 2.05) is 18.2 Å². The molecule has 2 aromatic carbocycles. The van der Waals surface area contributed by atoms with Crippen molar-refractivity contribution < 1.29 is 9.47 Å². The van der Waals surface area contributed by atoms with Crippen molar-refractivity contribution in [3.63, 3.8) is 0 Å². The summed E-state index contributed by atoms with van der Waals surface area (Å²) in [4.78, 5) is 2.44. The molecule has 0 atom stereocenters. The number of hydrogen-bond donors (Lipinski definition) is 1. The predicted octanol–water partition coefficient (Wildman–Crippen LogP) is 4.47. The Bertz CT molecular complexity index is 692. The van der Waals surface area contributed by atoms with E-state index in [9.17, 15) is 0 Å². The molecule has 0 aromatic heterocycles. The first-order chi connectivity index (χ1) is 12.3. The minimum atomic E-state index is 0.470. The summed E-state index contributed by atoms with van der Waals surface area (Å²) < 4.78 is 11.0. The van der Waals surface area contributed by atoms with Crippen molar-refractivity contribution in [1.29, 1.82) is 0 Å². The SMILES string of the molecule is C=CCOc1ccc(CNc2ccc(N3CCCC3)cc2)cc1OC. The van der Waals surface area contributed by atoms with Crippen LogP contribution in [-0.4, -0.2) is 26.8 Å². The second kappa shape index (κ2) is 8.47. The van der Waals surface area contributed by atoms with Gasteiger partial charge in [-0.25, -0.2) is 0 Å². The molecular weight excluding hydrogens is 312 g/mol. The van der Waals surface area contributed by atoms with E-state index in [1.54, 1.807) is 13.2 Å². The maximum atomic E-state index is 5.59. The molecule has 132 valence electrons. The van der Waals surface area contributed by atoms with Crippen LogP contribution < -0.4 is 19.7 Å². The number of nitrogens with one attached hydrogen (secondary N) is 1. The van der Waals surface area contributed by atoms with Crippen LogP contribution in [0, 0.1) is 0 Å². The van der Waals surface area contributed by atoms with Gasteiger partial charge in [0.05, 0.1) is 7.11 Å². The third-order valence-electron chi connectivity index (χ3n) is 4.42. The highest BCUT2D eigenvalue weighted by Gasteiger charge is 2.11. The molecule has 0 aliphatic carbocycles. The van der Waals surface area contributed by atoms with Gasteiger partial charge >= 0.3 is 0 Å². The number of hydrogen-bond acceptors (Lipinski definition) is 4. The standard InChI is InChI=1S/C21H26N2O2/c1-3-14-25-20-11-6-17(15-21(20)24-2)16-22-18-7-9-19(10-8-18)23-12-4-5-13-23/h3,6-11,15,22H,1,4-5,12-14,16H2,2H3. The molecule has 1 aliphatic rings. The van der Waals surface area contributed by atoms with E-state index in [0.29, 0.717) is 6.61 Å². The Morgan fingerprint density at radius 2 is 1.84 bits per heavy atom. The molecule has 0 radical (unpaired) electrons. The first-order valence-electron chi connectivity index (χ1n) is 8.79. The van der Waals surface area contributed by atoms with Gasteiger partial charge < -0.3 is 19.7 Å². The minimum absolute atomic E-state index is 0.470. The van der Waals surface area contributed by atoms with E-state index in [4.69, 9.17) is 9.47 Å². The molecule has 0 saturated carbocycles. The Kier molecular flexibility index (Phi) is 5.83. The lowest BCUT2D eigenvalue weighted by atomic mass is 10.2. The van der Waals surface area contributed by atoms with Crippen LogP contribution in [0.25, 0.3) is 0 Å². The summed E-state index contributed by atoms with van der Waals surface area (Å²) in [6.45, 7) is 7.22. The Morgan fingerprint density at radius 1 is 1.08 bits per heavy atom. The lowest BCUT2D eigenvalue weighted by Gasteiger charge is -2.18. The van der Waals surface area contributed by atoms with E-state index < -0.39 is 0 Å². The second-order valence-electron chi connectivity index (χ2n) is 6.18. The van der Waals surface area contributed by atoms with Gasteiger partial charge in [0.2, 0.25) is 0 Å². The van der Waals surface area contributed by atoms with Crippen molar-refractivity contribution >= 4 is 11.4 Å². The van der Waals surface area contributed by atoms with Gasteiger partial charge in [-0.05, 0) is 54.8 Å². The highest BCUT2D eigenvalue weighted by atomic mass is 16.5. The number of rotatable bonds is 8. The van der Waals surface area contributed by atoms with Gasteiger partial charge in [0.15, 0.2) is 11.5 Å². The Hall–Kier alpha value is -2.62. The molecule has 0 spiro atoms. The summed E-state index contributed by atoms with van der Waals surface area (Å²) in [6.07, 6.45) is 4.32. The molecule has 25 heavy (non-hydrogen) atoms. The molecule has 3 rings (SSSR count). The number of ether oxygens (including phenoxy) is 2. The van der Waals surface area contributed by atoms with Crippen molar-refractivity contribution in [3.05, 3.63) is 60.7 Å². The summed E-state index contributed by atoms with van der Waals surface area (Å²) >= 11 is 0. The minimum Gasteiger partial charge on any atom is -0.493 e. The first-order valence-corrected chi connectivity index (χ1v) is 8.79. The maximum Gasteiger partial charge on any atom is 0.161 e. The van der Waals surface area contributed by atoms with Crippen LogP contribution in [0.1, 0.15) is 18.4 Å². The second-order valence-corrected chi connectivity index (χ2v) is 6.18. The van der Waals surface area contributed by atoms with Crippen LogP contribution >= 0.6 is 0 Å². The molecule has 4 heteroatoms. The molecule has 0 unspecified atom stereocenters. The summed E-state index contributed by atoms with van der Waals surface area (Å²) in [5, 5.41) is 3.46. The first kappa shape index (κ1) is 17.2. The molecule has 1 heterocycles. The Balaban J connectivity index is 1.59. The molecular formula is C21H26N2O2. The van der Waals surface area contributed by atoms with Crippen molar-refractivity contribution in [2.45, 2.75) is 19.4 Å². The lowest BCUT2D eigenvalue weighted by molar-refractivity contribution is 0.326. The van der Waals surface area contributed by atoms with Crippen molar-refractivity contribution in [3.8, 4) is 11.5 Å². The number of anilines is 2. The molecule has 0 bridgehead atoms. The van der Waals surface area contributed by atoms with E-state index in [0.717, 1.165) is 29.3 Å². The quantitative estimate of drug-likeness (QED) is 0.720. The summed E-state index contributed by atoms with van der Waals surface area (Å²) in [5.41, 5.74) is 3.58. The lowest BCUT2D eigenvalue weighted by Crippen LogP contribution is -2.17. The van der Waals surface area contributed by atoms with Crippen LogP contribution in [0.5, 0.6) is 11.5 Å². The fourth-order valence-electron chi connectivity index (χ4n) is 3.06. The zero-order valence-electron chi connectivity index (χ0n) is 14.8. The number of nitrogens with zero attached hydrogens (tertiary/aromatic N) is 1. The average Bonchev–Trinajstić information content (AvgIpc) is 3.20. The molecule has 1 aliphatic heterocycles. The summed E-state index contributed by atoms with van der Waals surface area (Å²) in [7, 11) is 1.66. The fourth-order valence-corrected chi connectivity index (χ4v) is 3.06. The van der Waals surface area contributed by atoms with Crippen LogP contribution in [0.4, 0.5) is 11.4 Å². The van der Waals surface area contributed by atoms with Gasteiger partial charge in [-0.2, -0.15) is 0 Å².